The Morgan fingerprint density at radius 2 is 1.10 bits per heavy atom. The largest absolute Gasteiger partial charge is 0.300 e. The molecule has 0 N–H and O–H groups in total. The van der Waals surface area contributed by atoms with Gasteiger partial charge in [-0.2, -0.15) is 0 Å². The van der Waals surface area contributed by atoms with Crippen molar-refractivity contribution >= 4 is 0 Å². The van der Waals surface area contributed by atoms with Crippen LogP contribution in [0.15, 0.2) is 0 Å². The minimum absolute atomic E-state index is 0.208. The van der Waals surface area contributed by atoms with Crippen molar-refractivity contribution in [3.63, 3.8) is 0 Å². The molecule has 0 amide bonds. The van der Waals surface area contributed by atoms with Gasteiger partial charge in [-0.25, -0.2) is 4.39 Å². The van der Waals surface area contributed by atoms with E-state index in [9.17, 15) is 4.39 Å². The fourth-order valence-electron chi connectivity index (χ4n) is 3.14. The molecule has 0 aromatic carbocycles. The van der Waals surface area contributed by atoms with Crippen molar-refractivity contribution in [3.05, 3.63) is 0 Å². The highest BCUT2D eigenvalue weighted by molar-refractivity contribution is 4.77. The zero-order valence-corrected chi connectivity index (χ0v) is 13.2. The van der Waals surface area contributed by atoms with Gasteiger partial charge in [0, 0.05) is 78.0 Å². The molecule has 2 fully saturated rings. The van der Waals surface area contributed by atoms with E-state index in [2.05, 4.69) is 33.4 Å². The van der Waals surface area contributed by atoms with Gasteiger partial charge in [-0.3, -0.25) is 19.6 Å². The predicted octanol–water partition coefficient (Wildman–Crippen LogP) is 0.600. The first-order valence-electron chi connectivity index (χ1n) is 8.16. The lowest BCUT2D eigenvalue weighted by molar-refractivity contribution is 0.0825. The van der Waals surface area contributed by atoms with Gasteiger partial charge >= 0.3 is 0 Å². The second-order valence-corrected chi connectivity index (χ2v) is 6.34. The maximum atomic E-state index is 12.3. The number of hydrogen-bond acceptors (Lipinski definition) is 4. The van der Waals surface area contributed by atoms with Gasteiger partial charge in [-0.05, 0) is 13.8 Å². The SMILES string of the molecule is CC(C)N1CCN(CCN2CCN(CCF)CC2)CC1. The molecule has 2 rings (SSSR count). The third-order valence-electron chi connectivity index (χ3n) is 4.74. The van der Waals surface area contributed by atoms with Gasteiger partial charge in [-0.1, -0.05) is 0 Å². The van der Waals surface area contributed by atoms with Crippen LogP contribution in [0.1, 0.15) is 13.8 Å². The van der Waals surface area contributed by atoms with E-state index < -0.39 is 0 Å². The summed E-state index contributed by atoms with van der Waals surface area (Å²) in [6, 6.07) is 0.681. The third kappa shape index (κ3) is 4.95. The van der Waals surface area contributed by atoms with Gasteiger partial charge in [0.2, 0.25) is 0 Å². The molecule has 118 valence electrons. The first-order valence-corrected chi connectivity index (χ1v) is 8.16. The van der Waals surface area contributed by atoms with Gasteiger partial charge in [0.05, 0.1) is 0 Å². The highest BCUT2D eigenvalue weighted by atomic mass is 19.1. The van der Waals surface area contributed by atoms with E-state index in [0.717, 1.165) is 26.2 Å². The van der Waals surface area contributed by atoms with Crippen molar-refractivity contribution < 1.29 is 4.39 Å². The molecule has 0 bridgehead atoms. The number of nitrogens with zero attached hydrogens (tertiary/aromatic N) is 4. The van der Waals surface area contributed by atoms with E-state index in [1.165, 1.54) is 39.3 Å². The van der Waals surface area contributed by atoms with E-state index >= 15 is 0 Å². The molecule has 5 heteroatoms. The lowest BCUT2D eigenvalue weighted by atomic mass is 10.2. The van der Waals surface area contributed by atoms with Crippen molar-refractivity contribution in [1.29, 1.82) is 0 Å². The number of halogens is 1. The standard InChI is InChI=1S/C15H31FN4/c1-15(2)20-13-11-19(12-14-20)10-9-18-7-5-17(4-3-16)6-8-18/h15H,3-14H2,1-2H3. The fraction of sp³-hybridized carbons (Fsp3) is 1.00. The second-order valence-electron chi connectivity index (χ2n) is 6.34. The zero-order valence-electron chi connectivity index (χ0n) is 13.2. The summed E-state index contributed by atoms with van der Waals surface area (Å²) in [5, 5.41) is 0. The molecular formula is C15H31FN4. The van der Waals surface area contributed by atoms with Gasteiger partial charge in [0.25, 0.3) is 0 Å². The third-order valence-corrected chi connectivity index (χ3v) is 4.74. The first-order chi connectivity index (χ1) is 9.69. The molecule has 20 heavy (non-hydrogen) atoms. The molecule has 2 aliphatic heterocycles. The normalized spacial score (nSPS) is 24.6. The highest BCUT2D eigenvalue weighted by Crippen LogP contribution is 2.07. The number of rotatable bonds is 6. The Bertz CT molecular complexity index is 259. The van der Waals surface area contributed by atoms with Crippen LogP contribution in [0.4, 0.5) is 4.39 Å². The Kier molecular flexibility index (Phi) is 6.68. The van der Waals surface area contributed by atoms with Crippen LogP contribution in [0, 0.1) is 0 Å². The molecule has 0 radical (unpaired) electrons. The molecule has 0 spiro atoms. The van der Waals surface area contributed by atoms with E-state index in [1.807, 2.05) is 0 Å². The first kappa shape index (κ1) is 16.1. The topological polar surface area (TPSA) is 13.0 Å². The maximum absolute atomic E-state index is 12.3. The maximum Gasteiger partial charge on any atom is 0.102 e. The summed E-state index contributed by atoms with van der Waals surface area (Å²) in [7, 11) is 0. The van der Waals surface area contributed by atoms with Crippen molar-refractivity contribution in [3.8, 4) is 0 Å². The summed E-state index contributed by atoms with van der Waals surface area (Å²) in [5.41, 5.74) is 0. The minimum Gasteiger partial charge on any atom is -0.300 e. The lowest BCUT2D eigenvalue weighted by Gasteiger charge is -2.39. The summed E-state index contributed by atoms with van der Waals surface area (Å²) in [6.07, 6.45) is 0. The van der Waals surface area contributed by atoms with E-state index in [0.29, 0.717) is 12.6 Å². The molecule has 2 aliphatic rings. The Labute approximate surface area is 123 Å². The highest BCUT2D eigenvalue weighted by Gasteiger charge is 2.20. The van der Waals surface area contributed by atoms with Crippen LogP contribution in [0.3, 0.4) is 0 Å². The van der Waals surface area contributed by atoms with Crippen LogP contribution in [0.5, 0.6) is 0 Å². The number of piperazine rings is 2. The Balaban J connectivity index is 1.58. The molecule has 4 nitrogen and oxygen atoms in total. The molecule has 0 aromatic heterocycles. The molecule has 0 aliphatic carbocycles. The van der Waals surface area contributed by atoms with Gasteiger partial charge in [0.1, 0.15) is 6.67 Å². The Morgan fingerprint density at radius 1 is 0.700 bits per heavy atom. The summed E-state index contributed by atoms with van der Waals surface area (Å²) >= 11 is 0. The summed E-state index contributed by atoms with van der Waals surface area (Å²) in [6.45, 7) is 16.4. The molecule has 0 atom stereocenters. The van der Waals surface area contributed by atoms with E-state index in [4.69, 9.17) is 0 Å². The Morgan fingerprint density at radius 3 is 1.50 bits per heavy atom. The van der Waals surface area contributed by atoms with Crippen LogP contribution in [-0.2, 0) is 0 Å². The Hall–Kier alpha value is -0.230. The van der Waals surface area contributed by atoms with Crippen LogP contribution in [0.2, 0.25) is 0 Å². The average Bonchev–Trinajstić information content (AvgIpc) is 2.47. The summed E-state index contributed by atoms with van der Waals surface area (Å²) < 4.78 is 12.3. The monoisotopic (exact) mass is 286 g/mol. The molecule has 2 heterocycles. The smallest absolute Gasteiger partial charge is 0.102 e. The number of hydrogen-bond donors (Lipinski definition) is 0. The lowest BCUT2D eigenvalue weighted by Crippen LogP contribution is -2.52. The van der Waals surface area contributed by atoms with Crippen LogP contribution >= 0.6 is 0 Å². The zero-order chi connectivity index (χ0) is 14.4. The van der Waals surface area contributed by atoms with Gasteiger partial charge in [0.15, 0.2) is 0 Å². The van der Waals surface area contributed by atoms with Gasteiger partial charge in [-0.15, -0.1) is 0 Å². The van der Waals surface area contributed by atoms with Crippen molar-refractivity contribution in [2.45, 2.75) is 19.9 Å². The van der Waals surface area contributed by atoms with E-state index in [1.54, 1.807) is 0 Å². The fourth-order valence-corrected chi connectivity index (χ4v) is 3.14. The molecule has 0 saturated carbocycles. The molecular weight excluding hydrogens is 255 g/mol. The van der Waals surface area contributed by atoms with Gasteiger partial charge < -0.3 is 0 Å². The van der Waals surface area contributed by atoms with Crippen LogP contribution in [-0.4, -0.2) is 104 Å². The second kappa shape index (κ2) is 8.27. The molecule has 0 unspecified atom stereocenters. The summed E-state index contributed by atoms with van der Waals surface area (Å²) in [5.74, 6) is 0. The van der Waals surface area contributed by atoms with Crippen molar-refractivity contribution in [2.75, 3.05) is 78.7 Å². The minimum atomic E-state index is -0.208. The van der Waals surface area contributed by atoms with Crippen molar-refractivity contribution in [2.24, 2.45) is 0 Å². The average molecular weight is 286 g/mol. The quantitative estimate of drug-likeness (QED) is 0.709. The predicted molar refractivity (Wildman–Crippen MR) is 82.0 cm³/mol. The molecule has 0 aromatic rings. The van der Waals surface area contributed by atoms with Crippen molar-refractivity contribution in [1.82, 2.24) is 19.6 Å². The van der Waals surface area contributed by atoms with Crippen LogP contribution < -0.4 is 0 Å². The summed E-state index contributed by atoms with van der Waals surface area (Å²) in [4.78, 5) is 9.92. The van der Waals surface area contributed by atoms with Crippen LogP contribution in [0.25, 0.3) is 0 Å². The number of alkyl halides is 1. The molecule has 2 saturated heterocycles. The van der Waals surface area contributed by atoms with E-state index in [-0.39, 0.29) is 6.67 Å².